The fraction of sp³-hybridized carbons (Fsp3) is 0.368. The summed E-state index contributed by atoms with van der Waals surface area (Å²) in [5.41, 5.74) is 5.95. The van der Waals surface area contributed by atoms with Gasteiger partial charge in [0.1, 0.15) is 5.82 Å². The minimum Gasteiger partial charge on any atom is -0.331 e. The molecule has 2 aromatic heterocycles. The van der Waals surface area contributed by atoms with Crippen molar-refractivity contribution < 1.29 is 0 Å². The van der Waals surface area contributed by atoms with Gasteiger partial charge < -0.3 is 4.57 Å². The highest BCUT2D eigenvalue weighted by Crippen LogP contribution is 2.15. The number of nitrogens with zero attached hydrogens (tertiary/aromatic N) is 3. The Morgan fingerprint density at radius 3 is 2.39 bits per heavy atom. The van der Waals surface area contributed by atoms with Crippen LogP contribution in [0.25, 0.3) is 17.1 Å². The molecule has 0 saturated carbocycles. The molecule has 2 heterocycles. The zero-order valence-electron chi connectivity index (χ0n) is 14.1. The van der Waals surface area contributed by atoms with Crippen LogP contribution >= 0.6 is 11.3 Å². The first-order valence-corrected chi connectivity index (χ1v) is 8.21. The normalized spacial score (nSPS) is 9.83. The largest absolute Gasteiger partial charge is 0.331 e. The fourth-order valence-corrected chi connectivity index (χ4v) is 2.74. The van der Waals surface area contributed by atoms with E-state index in [-0.39, 0.29) is 7.43 Å². The summed E-state index contributed by atoms with van der Waals surface area (Å²) in [6.45, 7) is 10.3. The molecule has 23 heavy (non-hydrogen) atoms. The molecule has 0 aliphatic heterocycles. The van der Waals surface area contributed by atoms with E-state index in [4.69, 9.17) is 0 Å². The molecule has 0 amide bonds. The van der Waals surface area contributed by atoms with Gasteiger partial charge in [0.25, 0.3) is 0 Å². The molecule has 0 atom stereocenters. The maximum atomic E-state index is 4.44. The van der Waals surface area contributed by atoms with E-state index in [2.05, 4.69) is 65.0 Å². The van der Waals surface area contributed by atoms with E-state index in [1.807, 2.05) is 20.9 Å². The first-order valence-electron chi connectivity index (χ1n) is 7.33. The molecular formula is C19H27N3S. The Hall–Kier alpha value is -1.94. The maximum Gasteiger partial charge on any atom is 0.106 e. The van der Waals surface area contributed by atoms with Gasteiger partial charge in [-0.15, -0.1) is 11.3 Å². The van der Waals surface area contributed by atoms with Crippen LogP contribution in [0.2, 0.25) is 0 Å². The molecule has 0 radical (unpaired) electrons. The second-order valence-corrected chi connectivity index (χ2v) is 6.79. The van der Waals surface area contributed by atoms with E-state index in [1.165, 1.54) is 16.7 Å². The molecule has 0 unspecified atom stereocenters. The van der Waals surface area contributed by atoms with E-state index in [9.17, 15) is 0 Å². The van der Waals surface area contributed by atoms with Crippen molar-refractivity contribution >= 4 is 28.4 Å². The second-order valence-electron chi connectivity index (χ2n) is 5.72. The molecule has 0 aliphatic rings. The van der Waals surface area contributed by atoms with Crippen molar-refractivity contribution in [3.63, 3.8) is 0 Å². The molecule has 0 fully saturated rings. The standard InChI is InChI=1S/C10H12N2.C8H11NS.CH4/c1-7-4-5-10-9(6-7)11-8(2)12(10)3;1-6(2)4-8-5-10-7(3)9-8;/h4-6H,1-3H3;4-5H,1-3H3;1H4. The van der Waals surface area contributed by atoms with Crippen LogP contribution < -0.4 is 0 Å². The minimum absolute atomic E-state index is 0. The number of thiazole rings is 1. The zero-order chi connectivity index (χ0) is 16.3. The van der Waals surface area contributed by atoms with Gasteiger partial charge in [0, 0.05) is 12.4 Å². The topological polar surface area (TPSA) is 30.7 Å². The van der Waals surface area contributed by atoms with Crippen LogP contribution in [0.1, 0.15) is 43.4 Å². The Bertz CT molecular complexity index is 805. The predicted octanol–water partition coefficient (Wildman–Crippen LogP) is 5.70. The number of aryl methyl sites for hydroxylation is 4. The summed E-state index contributed by atoms with van der Waals surface area (Å²) in [5.74, 6) is 1.07. The lowest BCUT2D eigenvalue weighted by atomic mass is 10.2. The van der Waals surface area contributed by atoms with Crippen molar-refractivity contribution in [1.82, 2.24) is 14.5 Å². The highest BCUT2D eigenvalue weighted by atomic mass is 32.1. The molecule has 3 rings (SSSR count). The number of imidazole rings is 1. The van der Waals surface area contributed by atoms with Crippen LogP contribution in [0.3, 0.4) is 0 Å². The Labute approximate surface area is 143 Å². The first-order chi connectivity index (χ1) is 10.4. The van der Waals surface area contributed by atoms with Gasteiger partial charge in [0.15, 0.2) is 0 Å². The molecule has 4 heteroatoms. The highest BCUT2D eigenvalue weighted by molar-refractivity contribution is 7.09. The van der Waals surface area contributed by atoms with Crippen molar-refractivity contribution in [2.45, 2.75) is 42.0 Å². The van der Waals surface area contributed by atoms with Gasteiger partial charge >= 0.3 is 0 Å². The number of fused-ring (bicyclic) bond motifs is 1. The second kappa shape index (κ2) is 8.06. The molecule has 0 bridgehead atoms. The van der Waals surface area contributed by atoms with Crippen LogP contribution in [-0.4, -0.2) is 14.5 Å². The van der Waals surface area contributed by atoms with E-state index < -0.39 is 0 Å². The molecule has 1 aromatic carbocycles. The number of allylic oxidation sites excluding steroid dienone is 1. The van der Waals surface area contributed by atoms with Crippen molar-refractivity contribution in [3.05, 3.63) is 51.2 Å². The van der Waals surface area contributed by atoms with Crippen molar-refractivity contribution in [2.75, 3.05) is 0 Å². The van der Waals surface area contributed by atoms with Gasteiger partial charge in [-0.25, -0.2) is 9.97 Å². The SMILES string of the molecule is C.CC(C)=Cc1csc(C)n1.Cc1ccc2c(c1)nc(C)n2C. The van der Waals surface area contributed by atoms with Gasteiger partial charge in [0.05, 0.1) is 21.7 Å². The monoisotopic (exact) mass is 329 g/mol. The molecular weight excluding hydrogens is 302 g/mol. The quantitative estimate of drug-likeness (QED) is 0.573. The van der Waals surface area contributed by atoms with Crippen molar-refractivity contribution in [2.24, 2.45) is 7.05 Å². The summed E-state index contributed by atoms with van der Waals surface area (Å²) in [6, 6.07) is 6.34. The van der Waals surface area contributed by atoms with E-state index in [0.717, 1.165) is 22.0 Å². The van der Waals surface area contributed by atoms with Gasteiger partial charge in [0.2, 0.25) is 0 Å². The zero-order valence-corrected chi connectivity index (χ0v) is 15.0. The molecule has 124 valence electrons. The lowest BCUT2D eigenvalue weighted by Crippen LogP contribution is -1.89. The Morgan fingerprint density at radius 2 is 1.83 bits per heavy atom. The van der Waals surface area contributed by atoms with E-state index >= 15 is 0 Å². The van der Waals surface area contributed by atoms with Gasteiger partial charge in [-0.2, -0.15) is 0 Å². The summed E-state index contributed by atoms with van der Waals surface area (Å²) in [5, 5.41) is 3.20. The van der Waals surface area contributed by atoms with Crippen LogP contribution in [0.4, 0.5) is 0 Å². The van der Waals surface area contributed by atoms with Crippen molar-refractivity contribution in [3.8, 4) is 0 Å². The predicted molar refractivity (Wildman–Crippen MR) is 103 cm³/mol. The van der Waals surface area contributed by atoms with Crippen molar-refractivity contribution in [1.29, 1.82) is 0 Å². The number of hydrogen-bond acceptors (Lipinski definition) is 3. The third kappa shape index (κ3) is 5.03. The van der Waals surface area contributed by atoms with Gasteiger partial charge in [-0.1, -0.05) is 19.1 Å². The van der Waals surface area contributed by atoms with Gasteiger partial charge in [-0.3, -0.25) is 0 Å². The first kappa shape index (κ1) is 19.1. The molecule has 0 spiro atoms. The van der Waals surface area contributed by atoms with E-state index in [1.54, 1.807) is 11.3 Å². The smallest absolute Gasteiger partial charge is 0.106 e. The number of rotatable bonds is 1. The van der Waals surface area contributed by atoms with Crippen LogP contribution in [0.15, 0.2) is 29.2 Å². The summed E-state index contributed by atoms with van der Waals surface area (Å²) in [7, 11) is 2.04. The van der Waals surface area contributed by atoms with Crippen LogP contribution in [0.5, 0.6) is 0 Å². The van der Waals surface area contributed by atoms with E-state index in [0.29, 0.717) is 0 Å². The number of aromatic nitrogens is 3. The maximum absolute atomic E-state index is 4.44. The average Bonchev–Trinajstić information content (AvgIpc) is 2.94. The minimum atomic E-state index is 0. The fourth-order valence-electron chi connectivity index (χ4n) is 2.17. The third-order valence-electron chi connectivity index (χ3n) is 3.33. The highest BCUT2D eigenvalue weighted by Gasteiger charge is 2.02. The van der Waals surface area contributed by atoms with Gasteiger partial charge in [-0.05, 0) is 58.4 Å². The average molecular weight is 330 g/mol. The molecule has 3 nitrogen and oxygen atoms in total. The number of benzene rings is 1. The molecule has 3 aromatic rings. The lowest BCUT2D eigenvalue weighted by Gasteiger charge is -1.95. The lowest BCUT2D eigenvalue weighted by molar-refractivity contribution is 0.886. The Morgan fingerprint density at radius 1 is 1.13 bits per heavy atom. The van der Waals surface area contributed by atoms with Crippen LogP contribution in [-0.2, 0) is 7.05 Å². The summed E-state index contributed by atoms with van der Waals surface area (Å²) >= 11 is 1.69. The summed E-state index contributed by atoms with van der Waals surface area (Å²) < 4.78 is 2.11. The summed E-state index contributed by atoms with van der Waals surface area (Å²) in [4.78, 5) is 8.73. The summed E-state index contributed by atoms with van der Waals surface area (Å²) in [6.07, 6.45) is 2.09. The molecule has 0 aliphatic carbocycles. The van der Waals surface area contributed by atoms with Crippen LogP contribution in [0, 0.1) is 20.8 Å². The molecule has 0 saturated heterocycles. The third-order valence-corrected chi connectivity index (χ3v) is 4.13. The number of hydrogen-bond donors (Lipinski definition) is 0. The Balaban J connectivity index is 0.000000224. The molecule has 0 N–H and O–H groups in total. The Kier molecular flexibility index (Phi) is 6.70.